The maximum atomic E-state index is 12.7. The minimum atomic E-state index is -0.454. The van der Waals surface area contributed by atoms with Crippen molar-refractivity contribution in [3.05, 3.63) is 46.9 Å². The molecule has 2 aromatic heterocycles. The fourth-order valence-electron chi connectivity index (χ4n) is 3.64. The average Bonchev–Trinajstić information content (AvgIpc) is 3.01. The smallest absolute Gasteiger partial charge is 0.266 e. The largest absolute Gasteiger partial charge is 0.383 e. The van der Waals surface area contributed by atoms with Gasteiger partial charge in [-0.2, -0.15) is 5.26 Å². The molecule has 7 nitrogen and oxygen atoms in total. The lowest BCUT2D eigenvalue weighted by Crippen LogP contribution is -2.23. The maximum absolute atomic E-state index is 12.7. The topological polar surface area (TPSA) is 83.2 Å². The zero-order valence-corrected chi connectivity index (χ0v) is 18.7. The Kier molecular flexibility index (Phi) is 8.19. The van der Waals surface area contributed by atoms with Gasteiger partial charge in [0.15, 0.2) is 0 Å². The second kappa shape index (κ2) is 10.6. The van der Waals surface area contributed by atoms with Crippen LogP contribution in [0.2, 0.25) is 0 Å². The molecule has 0 spiro atoms. The van der Waals surface area contributed by atoms with Gasteiger partial charge in [-0.1, -0.05) is 0 Å². The van der Waals surface area contributed by atoms with Crippen LogP contribution >= 0.6 is 0 Å². The van der Waals surface area contributed by atoms with E-state index in [0.717, 1.165) is 35.9 Å². The summed E-state index contributed by atoms with van der Waals surface area (Å²) in [5.74, 6) is 0.399. The van der Waals surface area contributed by atoms with Crippen LogP contribution in [0.1, 0.15) is 43.8 Å². The molecule has 30 heavy (non-hydrogen) atoms. The molecule has 1 amide bonds. The van der Waals surface area contributed by atoms with Crippen LogP contribution in [-0.2, 0) is 9.53 Å². The summed E-state index contributed by atoms with van der Waals surface area (Å²) in [7, 11) is 1.67. The number of anilines is 2. The Balaban J connectivity index is 2.22. The summed E-state index contributed by atoms with van der Waals surface area (Å²) in [6.45, 7) is 12.5. The highest BCUT2D eigenvalue weighted by Crippen LogP contribution is 2.23. The van der Waals surface area contributed by atoms with Gasteiger partial charge in [-0.25, -0.2) is 4.98 Å². The lowest BCUT2D eigenvalue weighted by Gasteiger charge is -2.19. The van der Waals surface area contributed by atoms with Gasteiger partial charge in [-0.15, -0.1) is 0 Å². The molecule has 0 bridgehead atoms. The molecular formula is C23H31N5O2. The molecule has 0 aliphatic heterocycles. The fourth-order valence-corrected chi connectivity index (χ4v) is 3.64. The second-order valence-electron chi connectivity index (χ2n) is 7.20. The number of nitrogens with zero attached hydrogens (tertiary/aromatic N) is 4. The Morgan fingerprint density at radius 2 is 2.07 bits per heavy atom. The number of nitriles is 1. The van der Waals surface area contributed by atoms with E-state index in [1.54, 1.807) is 25.4 Å². The maximum Gasteiger partial charge on any atom is 0.266 e. The number of methoxy groups -OCH3 is 1. The van der Waals surface area contributed by atoms with Gasteiger partial charge in [0.2, 0.25) is 0 Å². The standard InChI is InChI=1S/C23H31N5O2/c1-7-27(8-2)22-10-9-21(14-25-22)26-23(29)20(13-24)12-19-11-16(3)28(18(19)5)17(4)15-30-6/h9-12,14,17H,7-8,15H2,1-6H3,(H,26,29)/b20-12-. The number of hydrogen-bond acceptors (Lipinski definition) is 5. The van der Waals surface area contributed by atoms with Crippen molar-refractivity contribution in [2.45, 2.75) is 40.7 Å². The lowest BCUT2D eigenvalue weighted by atomic mass is 10.1. The summed E-state index contributed by atoms with van der Waals surface area (Å²) < 4.78 is 7.41. The number of nitrogens with one attached hydrogen (secondary N) is 1. The third-order valence-corrected chi connectivity index (χ3v) is 5.13. The van der Waals surface area contributed by atoms with Crippen LogP contribution in [0, 0.1) is 25.2 Å². The summed E-state index contributed by atoms with van der Waals surface area (Å²) in [6.07, 6.45) is 3.24. The monoisotopic (exact) mass is 409 g/mol. The highest BCUT2D eigenvalue weighted by molar-refractivity contribution is 6.09. The number of hydrogen-bond donors (Lipinski definition) is 1. The van der Waals surface area contributed by atoms with Crippen molar-refractivity contribution in [2.75, 3.05) is 37.0 Å². The molecule has 0 aliphatic carbocycles. The molecule has 0 saturated carbocycles. The first-order valence-corrected chi connectivity index (χ1v) is 10.2. The van der Waals surface area contributed by atoms with E-state index in [4.69, 9.17) is 4.74 Å². The predicted molar refractivity (Wildman–Crippen MR) is 121 cm³/mol. The summed E-state index contributed by atoms with van der Waals surface area (Å²) >= 11 is 0. The Morgan fingerprint density at radius 3 is 2.60 bits per heavy atom. The number of aryl methyl sites for hydroxylation is 1. The van der Waals surface area contributed by atoms with Crippen LogP contribution < -0.4 is 10.2 Å². The Bertz CT molecular complexity index is 934. The average molecular weight is 410 g/mol. The van der Waals surface area contributed by atoms with Crippen molar-refractivity contribution in [1.29, 1.82) is 5.26 Å². The molecular weight excluding hydrogens is 378 g/mol. The summed E-state index contributed by atoms with van der Waals surface area (Å²) in [4.78, 5) is 19.2. The van der Waals surface area contributed by atoms with Crippen LogP contribution in [0.4, 0.5) is 11.5 Å². The summed E-state index contributed by atoms with van der Waals surface area (Å²) in [5, 5.41) is 12.3. The number of amides is 1. The van der Waals surface area contributed by atoms with E-state index in [1.165, 1.54) is 0 Å². The van der Waals surface area contributed by atoms with Crippen molar-refractivity contribution < 1.29 is 9.53 Å². The lowest BCUT2D eigenvalue weighted by molar-refractivity contribution is -0.112. The number of pyridine rings is 1. The van der Waals surface area contributed by atoms with Crippen molar-refractivity contribution >= 4 is 23.5 Å². The van der Waals surface area contributed by atoms with E-state index in [0.29, 0.717) is 12.3 Å². The minimum absolute atomic E-state index is 0.0439. The van der Waals surface area contributed by atoms with Gasteiger partial charge < -0.3 is 19.5 Å². The zero-order valence-electron chi connectivity index (χ0n) is 18.7. The molecule has 1 N–H and O–H groups in total. The highest BCUT2D eigenvalue weighted by Gasteiger charge is 2.16. The normalized spacial score (nSPS) is 12.4. The SMILES string of the molecule is CCN(CC)c1ccc(NC(=O)/C(C#N)=C\c2cc(C)n(C(C)COC)c2C)cn1. The van der Waals surface area contributed by atoms with Gasteiger partial charge in [0.1, 0.15) is 17.5 Å². The van der Waals surface area contributed by atoms with E-state index in [9.17, 15) is 10.1 Å². The minimum Gasteiger partial charge on any atom is -0.383 e. The molecule has 2 aromatic rings. The summed E-state index contributed by atoms with van der Waals surface area (Å²) in [6, 6.07) is 7.81. The van der Waals surface area contributed by atoms with Crippen molar-refractivity contribution in [1.82, 2.24) is 9.55 Å². The Labute approximate surface area is 179 Å². The number of carbonyl (C=O) groups is 1. The van der Waals surface area contributed by atoms with Crippen LogP contribution in [0.25, 0.3) is 6.08 Å². The molecule has 2 rings (SSSR count). The highest BCUT2D eigenvalue weighted by atomic mass is 16.5. The van der Waals surface area contributed by atoms with Crippen molar-refractivity contribution in [3.8, 4) is 6.07 Å². The molecule has 0 saturated heterocycles. The van der Waals surface area contributed by atoms with Crippen LogP contribution in [0.15, 0.2) is 30.0 Å². The van der Waals surface area contributed by atoms with Gasteiger partial charge in [-0.3, -0.25) is 4.79 Å². The van der Waals surface area contributed by atoms with Gasteiger partial charge >= 0.3 is 0 Å². The fraction of sp³-hybridized carbons (Fsp3) is 0.435. The van der Waals surface area contributed by atoms with Crippen LogP contribution in [0.5, 0.6) is 0 Å². The Morgan fingerprint density at radius 1 is 1.37 bits per heavy atom. The molecule has 2 heterocycles. The molecule has 0 aromatic carbocycles. The van der Waals surface area contributed by atoms with E-state index >= 15 is 0 Å². The molecule has 160 valence electrons. The van der Waals surface area contributed by atoms with Gasteiger partial charge in [0.05, 0.1) is 24.5 Å². The van der Waals surface area contributed by atoms with E-state index in [2.05, 4.69) is 40.5 Å². The van der Waals surface area contributed by atoms with E-state index in [1.807, 2.05) is 32.0 Å². The number of rotatable bonds is 9. The number of carbonyl (C=O) groups excluding carboxylic acids is 1. The predicted octanol–water partition coefficient (Wildman–Crippen LogP) is 4.10. The van der Waals surface area contributed by atoms with Gasteiger partial charge in [0, 0.05) is 31.6 Å². The first kappa shape index (κ1) is 23.2. The first-order chi connectivity index (χ1) is 14.4. The third-order valence-electron chi connectivity index (χ3n) is 5.13. The molecule has 0 radical (unpaired) electrons. The van der Waals surface area contributed by atoms with E-state index < -0.39 is 5.91 Å². The number of aromatic nitrogens is 2. The molecule has 0 aliphatic rings. The molecule has 1 unspecified atom stereocenters. The summed E-state index contributed by atoms with van der Waals surface area (Å²) in [5.41, 5.74) is 3.48. The first-order valence-electron chi connectivity index (χ1n) is 10.2. The van der Waals surface area contributed by atoms with Crippen LogP contribution in [-0.4, -0.2) is 42.3 Å². The molecule has 7 heteroatoms. The quantitative estimate of drug-likeness (QED) is 0.498. The number of ether oxygens (including phenoxy) is 1. The molecule has 0 fully saturated rings. The van der Waals surface area contributed by atoms with Crippen molar-refractivity contribution in [3.63, 3.8) is 0 Å². The van der Waals surface area contributed by atoms with Crippen molar-refractivity contribution in [2.24, 2.45) is 0 Å². The van der Waals surface area contributed by atoms with Gasteiger partial charge in [-0.05, 0) is 64.5 Å². The molecule has 1 atom stereocenters. The zero-order chi connectivity index (χ0) is 22.3. The van der Waals surface area contributed by atoms with E-state index in [-0.39, 0.29) is 11.6 Å². The Hall–Kier alpha value is -3.11. The van der Waals surface area contributed by atoms with Crippen LogP contribution in [0.3, 0.4) is 0 Å². The van der Waals surface area contributed by atoms with Gasteiger partial charge in [0.25, 0.3) is 5.91 Å². The second-order valence-corrected chi connectivity index (χ2v) is 7.20. The third kappa shape index (κ3) is 5.28.